The highest BCUT2D eigenvalue weighted by Gasteiger charge is 2.21. The molecule has 1 unspecified atom stereocenters. The molecule has 1 aliphatic heterocycles. The first-order valence-electron chi connectivity index (χ1n) is 8.00. The van der Waals surface area contributed by atoms with Crippen LogP contribution in [0.2, 0.25) is 0 Å². The van der Waals surface area contributed by atoms with Crippen molar-refractivity contribution in [1.29, 1.82) is 0 Å². The minimum atomic E-state index is -3.51. The van der Waals surface area contributed by atoms with Crippen LogP contribution in [0.3, 0.4) is 0 Å². The lowest BCUT2D eigenvalue weighted by Gasteiger charge is -2.32. The molecule has 1 atom stereocenters. The van der Waals surface area contributed by atoms with Crippen molar-refractivity contribution < 1.29 is 13.2 Å². The van der Waals surface area contributed by atoms with Crippen LogP contribution >= 0.6 is 11.3 Å². The Balaban J connectivity index is 1.70. The Morgan fingerprint density at radius 1 is 1.33 bits per heavy atom. The van der Waals surface area contributed by atoms with Gasteiger partial charge in [0.1, 0.15) is 4.21 Å². The number of rotatable bonds is 5. The number of nitrogens with one attached hydrogen (secondary N) is 1. The molecule has 3 rings (SSSR count). The normalized spacial score (nSPS) is 19.3. The summed E-state index contributed by atoms with van der Waals surface area (Å²) in [5.74, 6) is 0. The fraction of sp³-hybridized carbons (Fsp3) is 0.412. The summed E-state index contributed by atoms with van der Waals surface area (Å²) in [5, 5.41) is 1.83. The SMILES string of the molecule is CCN1CCOC(c2ccc(NS(=O)(=O)c3cc(C)cs3)cc2)C1. The topological polar surface area (TPSA) is 58.6 Å². The lowest BCUT2D eigenvalue weighted by atomic mass is 10.1. The summed E-state index contributed by atoms with van der Waals surface area (Å²) < 4.78 is 33.5. The summed E-state index contributed by atoms with van der Waals surface area (Å²) in [5.41, 5.74) is 2.58. The van der Waals surface area contributed by atoms with Gasteiger partial charge in [0.2, 0.25) is 0 Å². The van der Waals surface area contributed by atoms with Gasteiger partial charge in [-0.05, 0) is 48.2 Å². The summed E-state index contributed by atoms with van der Waals surface area (Å²) in [6, 6.07) is 9.13. The van der Waals surface area contributed by atoms with Crippen molar-refractivity contribution in [2.75, 3.05) is 31.0 Å². The van der Waals surface area contributed by atoms with E-state index in [1.54, 1.807) is 18.2 Å². The summed E-state index contributed by atoms with van der Waals surface area (Å²) in [4.78, 5) is 2.35. The fourth-order valence-corrected chi connectivity index (χ4v) is 5.00. The predicted octanol–water partition coefficient (Wildman–Crippen LogP) is 3.25. The van der Waals surface area contributed by atoms with E-state index in [-0.39, 0.29) is 6.10 Å². The van der Waals surface area contributed by atoms with Crippen LogP contribution < -0.4 is 4.72 Å². The van der Waals surface area contributed by atoms with Gasteiger partial charge in [0.05, 0.1) is 12.7 Å². The second-order valence-corrected chi connectivity index (χ2v) is 8.74. The van der Waals surface area contributed by atoms with Gasteiger partial charge in [0.15, 0.2) is 0 Å². The van der Waals surface area contributed by atoms with Crippen molar-refractivity contribution in [3.05, 3.63) is 46.8 Å². The molecule has 0 saturated carbocycles. The zero-order chi connectivity index (χ0) is 17.2. The second kappa shape index (κ2) is 7.23. The third-order valence-electron chi connectivity index (χ3n) is 4.10. The number of anilines is 1. The summed E-state index contributed by atoms with van der Waals surface area (Å²) in [6.07, 6.45) is 0.0457. The highest BCUT2D eigenvalue weighted by atomic mass is 32.2. The average Bonchev–Trinajstić information content (AvgIpc) is 3.03. The molecule has 1 fully saturated rings. The van der Waals surface area contributed by atoms with Gasteiger partial charge in [-0.2, -0.15) is 0 Å². The predicted molar refractivity (Wildman–Crippen MR) is 97.1 cm³/mol. The van der Waals surface area contributed by atoms with Crippen LogP contribution in [0.15, 0.2) is 39.9 Å². The van der Waals surface area contributed by atoms with E-state index in [1.807, 2.05) is 24.4 Å². The maximum Gasteiger partial charge on any atom is 0.271 e. The van der Waals surface area contributed by atoms with Gasteiger partial charge in [-0.15, -0.1) is 11.3 Å². The van der Waals surface area contributed by atoms with Gasteiger partial charge in [-0.25, -0.2) is 8.42 Å². The van der Waals surface area contributed by atoms with Crippen molar-refractivity contribution in [2.24, 2.45) is 0 Å². The Morgan fingerprint density at radius 2 is 2.08 bits per heavy atom. The Labute approximate surface area is 147 Å². The average molecular weight is 367 g/mol. The summed E-state index contributed by atoms with van der Waals surface area (Å²) in [6.45, 7) is 7.60. The number of likely N-dealkylation sites (N-methyl/N-ethyl adjacent to an activating group) is 1. The number of morpholine rings is 1. The minimum Gasteiger partial charge on any atom is -0.371 e. The van der Waals surface area contributed by atoms with E-state index in [4.69, 9.17) is 4.74 Å². The lowest BCUT2D eigenvalue weighted by molar-refractivity contribution is -0.0281. The van der Waals surface area contributed by atoms with Gasteiger partial charge in [-0.3, -0.25) is 9.62 Å². The standard InChI is InChI=1S/C17H22N2O3S2/c1-3-19-8-9-22-16(11-19)14-4-6-15(7-5-14)18-24(20,21)17-10-13(2)12-23-17/h4-7,10,12,16,18H,3,8-9,11H2,1-2H3. The number of hydrogen-bond donors (Lipinski definition) is 1. The van der Waals surface area contributed by atoms with Gasteiger partial charge >= 0.3 is 0 Å². The molecule has 1 aromatic heterocycles. The number of benzene rings is 1. The van der Waals surface area contributed by atoms with E-state index >= 15 is 0 Å². The molecule has 0 amide bonds. The molecular formula is C17H22N2O3S2. The minimum absolute atomic E-state index is 0.0457. The molecule has 0 bridgehead atoms. The number of aryl methyl sites for hydroxylation is 1. The van der Waals surface area contributed by atoms with Crippen molar-refractivity contribution in [3.63, 3.8) is 0 Å². The van der Waals surface area contributed by atoms with Crippen LogP contribution in [-0.2, 0) is 14.8 Å². The zero-order valence-electron chi connectivity index (χ0n) is 13.9. The molecule has 2 heterocycles. The number of sulfonamides is 1. The molecule has 24 heavy (non-hydrogen) atoms. The zero-order valence-corrected chi connectivity index (χ0v) is 15.5. The monoisotopic (exact) mass is 366 g/mol. The Morgan fingerprint density at radius 3 is 2.71 bits per heavy atom. The lowest BCUT2D eigenvalue weighted by Crippen LogP contribution is -2.38. The molecule has 0 aliphatic carbocycles. The third-order valence-corrected chi connectivity index (χ3v) is 7.04. The molecule has 0 radical (unpaired) electrons. The van der Waals surface area contributed by atoms with E-state index < -0.39 is 10.0 Å². The molecule has 7 heteroatoms. The molecule has 1 aromatic carbocycles. The molecule has 0 spiro atoms. The quantitative estimate of drug-likeness (QED) is 0.882. The highest BCUT2D eigenvalue weighted by molar-refractivity contribution is 7.94. The molecule has 2 aromatic rings. The Kier molecular flexibility index (Phi) is 5.24. The first-order valence-corrected chi connectivity index (χ1v) is 10.4. The number of ether oxygens (including phenoxy) is 1. The van der Waals surface area contributed by atoms with Crippen LogP contribution in [0.4, 0.5) is 5.69 Å². The first-order chi connectivity index (χ1) is 11.5. The van der Waals surface area contributed by atoms with Gasteiger partial charge < -0.3 is 4.74 Å². The molecule has 130 valence electrons. The Hall–Kier alpha value is -1.41. The van der Waals surface area contributed by atoms with Crippen molar-refractivity contribution in [3.8, 4) is 0 Å². The summed E-state index contributed by atoms with van der Waals surface area (Å²) >= 11 is 1.23. The fourth-order valence-electron chi connectivity index (χ4n) is 2.71. The van der Waals surface area contributed by atoms with Crippen LogP contribution in [-0.4, -0.2) is 39.6 Å². The molecule has 1 aliphatic rings. The Bertz CT molecular complexity index is 784. The van der Waals surface area contributed by atoms with E-state index in [0.717, 1.165) is 37.4 Å². The smallest absolute Gasteiger partial charge is 0.271 e. The molecule has 1 N–H and O–H groups in total. The third kappa shape index (κ3) is 3.97. The van der Waals surface area contributed by atoms with Gasteiger partial charge in [0.25, 0.3) is 10.0 Å². The molecule has 5 nitrogen and oxygen atoms in total. The maximum absolute atomic E-state index is 12.4. The van der Waals surface area contributed by atoms with Gasteiger partial charge in [0, 0.05) is 18.8 Å². The number of nitrogens with zero attached hydrogens (tertiary/aromatic N) is 1. The van der Waals surface area contributed by atoms with E-state index in [0.29, 0.717) is 9.90 Å². The molecular weight excluding hydrogens is 344 g/mol. The van der Waals surface area contributed by atoms with E-state index in [2.05, 4.69) is 16.5 Å². The summed E-state index contributed by atoms with van der Waals surface area (Å²) in [7, 11) is -3.51. The maximum atomic E-state index is 12.4. The molecule has 1 saturated heterocycles. The highest BCUT2D eigenvalue weighted by Crippen LogP contribution is 2.26. The number of thiophene rings is 1. The van der Waals surface area contributed by atoms with Crippen LogP contribution in [0.1, 0.15) is 24.2 Å². The van der Waals surface area contributed by atoms with Crippen molar-refractivity contribution >= 4 is 27.0 Å². The van der Waals surface area contributed by atoms with Gasteiger partial charge in [-0.1, -0.05) is 19.1 Å². The van der Waals surface area contributed by atoms with Crippen LogP contribution in [0.25, 0.3) is 0 Å². The largest absolute Gasteiger partial charge is 0.371 e. The number of hydrogen-bond acceptors (Lipinski definition) is 5. The van der Waals surface area contributed by atoms with Crippen molar-refractivity contribution in [2.45, 2.75) is 24.2 Å². The van der Waals surface area contributed by atoms with Crippen molar-refractivity contribution in [1.82, 2.24) is 4.90 Å². The van der Waals surface area contributed by atoms with E-state index in [1.165, 1.54) is 11.3 Å². The van der Waals surface area contributed by atoms with Crippen LogP contribution in [0.5, 0.6) is 0 Å². The van der Waals surface area contributed by atoms with Crippen LogP contribution in [0, 0.1) is 6.92 Å². The first kappa shape index (κ1) is 17.4. The second-order valence-electron chi connectivity index (χ2n) is 5.92. The van der Waals surface area contributed by atoms with E-state index in [9.17, 15) is 8.42 Å².